The zero-order chi connectivity index (χ0) is 14.8. The molecule has 3 rings (SSSR count). The van der Waals surface area contributed by atoms with Gasteiger partial charge >= 0.3 is 0 Å². The number of hydrogen-bond acceptors (Lipinski definition) is 3. The Bertz CT molecular complexity index is 488. The number of nitrogens with one attached hydrogen (secondary N) is 1. The topological polar surface area (TPSA) is 41.6 Å². The Hall–Kier alpha value is -1.39. The van der Waals surface area contributed by atoms with Gasteiger partial charge in [-0.25, -0.2) is 0 Å². The Morgan fingerprint density at radius 3 is 2.43 bits per heavy atom. The van der Waals surface area contributed by atoms with Crippen molar-refractivity contribution in [3.05, 3.63) is 35.4 Å². The molecule has 2 saturated heterocycles. The van der Waals surface area contributed by atoms with Crippen LogP contribution in [0.3, 0.4) is 0 Å². The Morgan fingerprint density at radius 2 is 1.86 bits per heavy atom. The lowest BCUT2D eigenvalue weighted by Gasteiger charge is -2.35. The fourth-order valence-electron chi connectivity index (χ4n) is 3.62. The van der Waals surface area contributed by atoms with Crippen LogP contribution < -0.4 is 5.32 Å². The molecule has 0 spiro atoms. The number of piperidine rings is 1. The van der Waals surface area contributed by atoms with E-state index < -0.39 is 0 Å². The third-order valence-corrected chi connectivity index (χ3v) is 4.83. The van der Waals surface area contributed by atoms with Crippen molar-refractivity contribution >= 4 is 5.91 Å². The number of methoxy groups -OCH3 is 1. The van der Waals surface area contributed by atoms with E-state index >= 15 is 0 Å². The highest BCUT2D eigenvalue weighted by Crippen LogP contribution is 2.29. The zero-order valence-electron chi connectivity index (χ0n) is 12.8. The number of rotatable bonds is 4. The van der Waals surface area contributed by atoms with Gasteiger partial charge in [0.25, 0.3) is 5.91 Å². The van der Waals surface area contributed by atoms with Crippen molar-refractivity contribution in [3.63, 3.8) is 0 Å². The molecular formula is C17H24N2O2. The quantitative estimate of drug-likeness (QED) is 0.923. The van der Waals surface area contributed by atoms with Crippen LogP contribution in [0, 0.1) is 0 Å². The van der Waals surface area contributed by atoms with Crippen molar-refractivity contribution in [2.24, 2.45) is 0 Å². The van der Waals surface area contributed by atoms with E-state index in [4.69, 9.17) is 4.74 Å². The van der Waals surface area contributed by atoms with Gasteiger partial charge in [0.05, 0.1) is 6.61 Å². The van der Waals surface area contributed by atoms with E-state index in [1.54, 1.807) is 7.11 Å². The Morgan fingerprint density at radius 1 is 1.24 bits per heavy atom. The second-order valence-corrected chi connectivity index (χ2v) is 6.31. The molecule has 1 N–H and O–H groups in total. The van der Waals surface area contributed by atoms with Crippen LogP contribution in [0.2, 0.25) is 0 Å². The van der Waals surface area contributed by atoms with Gasteiger partial charge in [-0.3, -0.25) is 4.79 Å². The molecule has 2 heterocycles. The summed E-state index contributed by atoms with van der Waals surface area (Å²) in [7, 11) is 3.62. The number of hydrogen-bond donors (Lipinski definition) is 1. The molecule has 0 saturated carbocycles. The maximum absolute atomic E-state index is 12.6. The fourth-order valence-corrected chi connectivity index (χ4v) is 3.62. The summed E-state index contributed by atoms with van der Waals surface area (Å²) in [5.74, 6) is 0.130. The fraction of sp³-hybridized carbons (Fsp3) is 0.588. The number of benzene rings is 1. The molecule has 0 radical (unpaired) electrons. The SMILES string of the molecule is COCc1ccc(C(=O)N(C)C2CC3CCC(C2)N3)cc1. The molecule has 0 aromatic heterocycles. The number of ether oxygens (including phenoxy) is 1. The minimum absolute atomic E-state index is 0.130. The van der Waals surface area contributed by atoms with Crippen LogP contribution in [0.4, 0.5) is 0 Å². The van der Waals surface area contributed by atoms with E-state index in [2.05, 4.69) is 5.32 Å². The predicted octanol–water partition coefficient (Wildman–Crippen LogP) is 2.19. The third kappa shape index (κ3) is 3.11. The summed E-state index contributed by atoms with van der Waals surface area (Å²) >= 11 is 0. The van der Waals surface area contributed by atoms with Crippen LogP contribution in [0.15, 0.2) is 24.3 Å². The molecule has 2 atom stereocenters. The molecular weight excluding hydrogens is 264 g/mol. The molecule has 4 heteroatoms. The van der Waals surface area contributed by atoms with Gasteiger partial charge in [0.15, 0.2) is 0 Å². The van der Waals surface area contributed by atoms with Crippen molar-refractivity contribution in [1.29, 1.82) is 0 Å². The summed E-state index contributed by atoms with van der Waals surface area (Å²) in [6.45, 7) is 0.585. The van der Waals surface area contributed by atoms with Gasteiger partial charge in [-0.15, -0.1) is 0 Å². The van der Waals surface area contributed by atoms with Crippen molar-refractivity contribution < 1.29 is 9.53 Å². The van der Waals surface area contributed by atoms with E-state index in [1.807, 2.05) is 36.2 Å². The summed E-state index contributed by atoms with van der Waals surface area (Å²) in [6, 6.07) is 9.33. The first-order valence-electron chi connectivity index (χ1n) is 7.78. The number of carbonyl (C=O) groups is 1. The molecule has 114 valence electrons. The summed E-state index contributed by atoms with van der Waals surface area (Å²) in [4.78, 5) is 14.6. The van der Waals surface area contributed by atoms with Crippen LogP contribution in [-0.2, 0) is 11.3 Å². The minimum Gasteiger partial charge on any atom is -0.380 e. The molecule has 2 aliphatic heterocycles. The molecule has 21 heavy (non-hydrogen) atoms. The standard InChI is InChI=1S/C17H24N2O2/c1-19(16-9-14-7-8-15(10-16)18-14)17(20)13-5-3-12(4-6-13)11-21-2/h3-6,14-16,18H,7-11H2,1-2H3. The van der Waals surface area contributed by atoms with Crippen LogP contribution in [0.5, 0.6) is 0 Å². The highest BCUT2D eigenvalue weighted by molar-refractivity contribution is 5.94. The lowest BCUT2D eigenvalue weighted by atomic mass is 9.98. The molecule has 2 unspecified atom stereocenters. The lowest BCUT2D eigenvalue weighted by Crippen LogP contribution is -2.48. The molecule has 1 aromatic carbocycles. The van der Waals surface area contributed by atoms with Crippen molar-refractivity contribution in [3.8, 4) is 0 Å². The van der Waals surface area contributed by atoms with Crippen LogP contribution >= 0.6 is 0 Å². The van der Waals surface area contributed by atoms with Gasteiger partial charge in [-0.05, 0) is 43.4 Å². The Balaban J connectivity index is 1.66. The molecule has 1 aromatic rings. The summed E-state index contributed by atoms with van der Waals surface area (Å²) in [6.07, 6.45) is 4.69. The van der Waals surface area contributed by atoms with Gasteiger partial charge in [0.2, 0.25) is 0 Å². The largest absolute Gasteiger partial charge is 0.380 e. The predicted molar refractivity (Wildman–Crippen MR) is 82.2 cm³/mol. The van der Waals surface area contributed by atoms with Gasteiger partial charge in [-0.2, -0.15) is 0 Å². The first-order chi connectivity index (χ1) is 10.2. The maximum Gasteiger partial charge on any atom is 0.253 e. The Labute approximate surface area is 126 Å². The van der Waals surface area contributed by atoms with E-state index in [9.17, 15) is 4.79 Å². The van der Waals surface area contributed by atoms with E-state index in [0.29, 0.717) is 24.7 Å². The summed E-state index contributed by atoms with van der Waals surface area (Å²) in [5, 5.41) is 3.62. The zero-order valence-corrected chi connectivity index (χ0v) is 12.8. The van der Waals surface area contributed by atoms with Crippen molar-refractivity contribution in [2.45, 2.75) is 50.4 Å². The second-order valence-electron chi connectivity index (χ2n) is 6.31. The molecule has 1 amide bonds. The van der Waals surface area contributed by atoms with Gasteiger partial charge in [0.1, 0.15) is 0 Å². The number of amides is 1. The molecule has 2 fully saturated rings. The van der Waals surface area contributed by atoms with E-state index in [-0.39, 0.29) is 5.91 Å². The van der Waals surface area contributed by atoms with Crippen LogP contribution in [0.25, 0.3) is 0 Å². The number of fused-ring (bicyclic) bond motifs is 2. The highest BCUT2D eigenvalue weighted by Gasteiger charge is 2.36. The number of nitrogens with zero attached hydrogens (tertiary/aromatic N) is 1. The first kappa shape index (κ1) is 14.5. The lowest BCUT2D eigenvalue weighted by molar-refractivity contribution is 0.0681. The second kappa shape index (κ2) is 6.16. The monoisotopic (exact) mass is 288 g/mol. The molecule has 4 nitrogen and oxygen atoms in total. The highest BCUT2D eigenvalue weighted by atomic mass is 16.5. The summed E-state index contributed by atoms with van der Waals surface area (Å²) < 4.78 is 5.10. The summed E-state index contributed by atoms with van der Waals surface area (Å²) in [5.41, 5.74) is 1.86. The van der Waals surface area contributed by atoms with Gasteiger partial charge in [0, 0.05) is 37.8 Å². The normalized spacial score (nSPS) is 27.6. The van der Waals surface area contributed by atoms with Gasteiger partial charge in [-0.1, -0.05) is 12.1 Å². The van der Waals surface area contributed by atoms with Crippen molar-refractivity contribution in [1.82, 2.24) is 10.2 Å². The van der Waals surface area contributed by atoms with E-state index in [1.165, 1.54) is 12.8 Å². The average Bonchev–Trinajstić information content (AvgIpc) is 2.85. The molecule has 2 aliphatic rings. The van der Waals surface area contributed by atoms with E-state index in [0.717, 1.165) is 24.0 Å². The average molecular weight is 288 g/mol. The third-order valence-electron chi connectivity index (χ3n) is 4.83. The van der Waals surface area contributed by atoms with Crippen LogP contribution in [-0.4, -0.2) is 43.1 Å². The van der Waals surface area contributed by atoms with Gasteiger partial charge < -0.3 is 15.0 Å². The molecule has 0 aliphatic carbocycles. The van der Waals surface area contributed by atoms with Crippen LogP contribution in [0.1, 0.15) is 41.6 Å². The number of carbonyl (C=O) groups excluding carboxylic acids is 1. The Kier molecular flexibility index (Phi) is 4.27. The first-order valence-corrected chi connectivity index (χ1v) is 7.78. The van der Waals surface area contributed by atoms with Crippen molar-refractivity contribution in [2.75, 3.05) is 14.2 Å². The minimum atomic E-state index is 0.130. The maximum atomic E-state index is 12.6. The smallest absolute Gasteiger partial charge is 0.253 e. The molecule has 2 bridgehead atoms.